The van der Waals surface area contributed by atoms with Crippen LogP contribution in [0.5, 0.6) is 5.75 Å². The van der Waals surface area contributed by atoms with Gasteiger partial charge in [-0.15, -0.1) is 0 Å². The quantitative estimate of drug-likeness (QED) is 0.374. The van der Waals surface area contributed by atoms with Crippen LogP contribution in [-0.2, 0) is 11.3 Å². The van der Waals surface area contributed by atoms with Crippen molar-refractivity contribution in [2.24, 2.45) is 17.8 Å². The average Bonchev–Trinajstić information content (AvgIpc) is 3.47. The van der Waals surface area contributed by atoms with Gasteiger partial charge in [-0.2, -0.15) is 0 Å². The number of carboxylic acid groups (broad SMARTS) is 1. The van der Waals surface area contributed by atoms with Crippen molar-refractivity contribution < 1.29 is 23.4 Å². The predicted octanol–water partition coefficient (Wildman–Crippen LogP) is 7.09. The molecule has 0 saturated heterocycles. The van der Waals surface area contributed by atoms with Crippen LogP contribution in [0.3, 0.4) is 0 Å². The maximum Gasteiger partial charge on any atom is 0.306 e. The molecule has 0 radical (unpaired) electrons. The van der Waals surface area contributed by atoms with Crippen LogP contribution in [0.15, 0.2) is 30.3 Å². The van der Waals surface area contributed by atoms with Crippen LogP contribution in [0.4, 0.5) is 8.78 Å². The first-order chi connectivity index (χ1) is 16.9. The van der Waals surface area contributed by atoms with E-state index in [0.717, 1.165) is 37.3 Å². The van der Waals surface area contributed by atoms with Crippen molar-refractivity contribution in [2.75, 3.05) is 6.61 Å². The molecule has 0 unspecified atom stereocenters. The molecule has 2 fully saturated rings. The highest BCUT2D eigenvalue weighted by atomic mass is 35.5. The lowest BCUT2D eigenvalue weighted by Crippen LogP contribution is -2.24. The smallest absolute Gasteiger partial charge is 0.306 e. The van der Waals surface area contributed by atoms with Gasteiger partial charge in [-0.05, 0) is 68.6 Å². The number of hydrogen-bond acceptors (Lipinski definition) is 3. The molecule has 0 atom stereocenters. The van der Waals surface area contributed by atoms with Gasteiger partial charge in [0, 0.05) is 23.7 Å². The Morgan fingerprint density at radius 1 is 1.03 bits per heavy atom. The molecule has 186 valence electrons. The average molecular weight is 503 g/mol. The number of imidazole rings is 1. The van der Waals surface area contributed by atoms with Crippen LogP contribution < -0.4 is 4.74 Å². The fraction of sp³-hybridized carbons (Fsp3) is 0.481. The monoisotopic (exact) mass is 502 g/mol. The van der Waals surface area contributed by atoms with Crippen LogP contribution in [0.1, 0.15) is 51.4 Å². The molecule has 1 aromatic heterocycles. The minimum absolute atomic E-state index is 0.213. The lowest BCUT2D eigenvalue weighted by Gasteiger charge is -2.27. The highest BCUT2D eigenvalue weighted by Gasteiger charge is 2.28. The molecule has 2 aliphatic rings. The molecule has 0 bridgehead atoms. The molecule has 1 heterocycles. The molecule has 3 aromatic rings. The summed E-state index contributed by atoms with van der Waals surface area (Å²) in [5, 5.41) is 9.88. The molecular weight excluding hydrogens is 474 g/mol. The molecule has 2 aliphatic carbocycles. The number of aromatic nitrogens is 2. The predicted molar refractivity (Wildman–Crippen MR) is 131 cm³/mol. The Bertz CT molecular complexity index is 1230. The van der Waals surface area contributed by atoms with E-state index < -0.39 is 17.6 Å². The number of carbonyl (C=O) groups is 1. The largest absolute Gasteiger partial charge is 0.492 e. The third-order valence-corrected chi connectivity index (χ3v) is 7.80. The SMILES string of the molecule is O=C(O)C1CCC(Cn2c(-c3ccc(Cl)cc3OCC3CCCC3)nc3cc(F)c(F)cc32)CC1. The summed E-state index contributed by atoms with van der Waals surface area (Å²) >= 11 is 6.30. The van der Waals surface area contributed by atoms with Gasteiger partial charge in [-0.25, -0.2) is 13.8 Å². The minimum atomic E-state index is -0.940. The van der Waals surface area contributed by atoms with Crippen LogP contribution in [0.2, 0.25) is 5.02 Å². The topological polar surface area (TPSA) is 64.3 Å². The number of rotatable bonds is 7. The summed E-state index contributed by atoms with van der Waals surface area (Å²) in [7, 11) is 0. The molecular formula is C27H29ClF2N2O3. The molecule has 2 aromatic carbocycles. The van der Waals surface area contributed by atoms with E-state index in [-0.39, 0.29) is 11.8 Å². The van der Waals surface area contributed by atoms with E-state index in [0.29, 0.717) is 59.5 Å². The first kappa shape index (κ1) is 24.0. The van der Waals surface area contributed by atoms with Crippen LogP contribution >= 0.6 is 11.6 Å². The molecule has 0 aliphatic heterocycles. The number of benzene rings is 2. The Kier molecular flexibility index (Phi) is 6.96. The number of hydrogen-bond donors (Lipinski definition) is 1. The van der Waals surface area contributed by atoms with Gasteiger partial charge in [0.1, 0.15) is 11.6 Å². The summed E-state index contributed by atoms with van der Waals surface area (Å²) in [6.45, 7) is 1.13. The number of aliphatic carboxylic acids is 1. The number of carboxylic acids is 1. The third kappa shape index (κ3) is 5.15. The summed E-state index contributed by atoms with van der Waals surface area (Å²) < 4.78 is 36.5. The lowest BCUT2D eigenvalue weighted by molar-refractivity contribution is -0.143. The molecule has 0 amide bonds. The van der Waals surface area contributed by atoms with Gasteiger partial charge in [-0.1, -0.05) is 24.4 Å². The van der Waals surface area contributed by atoms with Gasteiger partial charge < -0.3 is 14.4 Å². The van der Waals surface area contributed by atoms with Gasteiger partial charge in [0.25, 0.3) is 0 Å². The third-order valence-electron chi connectivity index (χ3n) is 7.56. The first-order valence-corrected chi connectivity index (χ1v) is 12.8. The Hall–Kier alpha value is -2.67. The molecule has 2 saturated carbocycles. The van der Waals surface area contributed by atoms with Crippen LogP contribution in [0.25, 0.3) is 22.4 Å². The Morgan fingerprint density at radius 3 is 2.46 bits per heavy atom. The number of halogens is 3. The summed E-state index contributed by atoms with van der Waals surface area (Å²) in [6, 6.07) is 7.70. The number of nitrogens with zero attached hydrogens (tertiary/aromatic N) is 2. The van der Waals surface area contributed by atoms with Gasteiger partial charge in [0.15, 0.2) is 11.6 Å². The zero-order valence-corrected chi connectivity index (χ0v) is 20.2. The molecule has 8 heteroatoms. The molecule has 5 nitrogen and oxygen atoms in total. The normalized spacial score (nSPS) is 21.0. The van der Waals surface area contributed by atoms with Crippen molar-refractivity contribution in [1.82, 2.24) is 9.55 Å². The maximum absolute atomic E-state index is 14.3. The van der Waals surface area contributed by atoms with E-state index in [4.69, 9.17) is 21.3 Å². The van der Waals surface area contributed by atoms with Crippen molar-refractivity contribution in [1.29, 1.82) is 0 Å². The standard InChI is InChI=1S/C27H29ClF2N2O3/c28-19-9-10-20(25(11-19)35-15-17-3-1-2-4-17)26-31-23-12-21(29)22(30)13-24(23)32(26)14-16-5-7-18(8-6-16)27(33)34/h9-13,16-18H,1-8,14-15H2,(H,33,34). The second-order valence-corrected chi connectivity index (χ2v) is 10.4. The van der Waals surface area contributed by atoms with Crippen LogP contribution in [-0.4, -0.2) is 27.2 Å². The van der Waals surface area contributed by atoms with Crippen molar-refractivity contribution in [3.05, 3.63) is 47.0 Å². The number of fused-ring (bicyclic) bond motifs is 1. The van der Waals surface area contributed by atoms with E-state index in [1.807, 2.05) is 10.6 Å². The summed E-state index contributed by atoms with van der Waals surface area (Å²) in [5.41, 5.74) is 1.61. The molecule has 0 spiro atoms. The highest BCUT2D eigenvalue weighted by Crippen LogP contribution is 2.38. The van der Waals surface area contributed by atoms with Gasteiger partial charge in [0.05, 0.1) is 29.1 Å². The van der Waals surface area contributed by atoms with Crippen molar-refractivity contribution in [2.45, 2.75) is 57.9 Å². The van der Waals surface area contributed by atoms with E-state index in [1.54, 1.807) is 12.1 Å². The van der Waals surface area contributed by atoms with Gasteiger partial charge in [-0.3, -0.25) is 4.79 Å². The van der Waals surface area contributed by atoms with Crippen molar-refractivity contribution in [3.8, 4) is 17.1 Å². The van der Waals surface area contributed by atoms with E-state index in [9.17, 15) is 18.7 Å². The highest BCUT2D eigenvalue weighted by molar-refractivity contribution is 6.30. The second-order valence-electron chi connectivity index (χ2n) is 9.96. The second kappa shape index (κ2) is 10.1. The molecule has 35 heavy (non-hydrogen) atoms. The minimum Gasteiger partial charge on any atom is -0.492 e. The van der Waals surface area contributed by atoms with E-state index in [2.05, 4.69) is 0 Å². The van der Waals surface area contributed by atoms with Crippen molar-refractivity contribution in [3.63, 3.8) is 0 Å². The van der Waals surface area contributed by atoms with Crippen molar-refractivity contribution >= 4 is 28.6 Å². The summed E-state index contributed by atoms with van der Waals surface area (Å²) in [5.74, 6) is -1.03. The Morgan fingerprint density at radius 2 is 1.74 bits per heavy atom. The first-order valence-electron chi connectivity index (χ1n) is 12.4. The summed E-state index contributed by atoms with van der Waals surface area (Å²) in [6.07, 6.45) is 7.46. The zero-order valence-electron chi connectivity index (χ0n) is 19.5. The van der Waals surface area contributed by atoms with E-state index in [1.165, 1.54) is 18.9 Å². The summed E-state index contributed by atoms with van der Waals surface area (Å²) in [4.78, 5) is 16.1. The fourth-order valence-corrected chi connectivity index (χ4v) is 5.71. The fourth-order valence-electron chi connectivity index (χ4n) is 5.55. The number of ether oxygens (including phenoxy) is 1. The van der Waals surface area contributed by atoms with Gasteiger partial charge >= 0.3 is 5.97 Å². The lowest BCUT2D eigenvalue weighted by atomic mass is 9.82. The Labute approximate surface area is 208 Å². The maximum atomic E-state index is 14.3. The van der Waals surface area contributed by atoms with Gasteiger partial charge in [0.2, 0.25) is 0 Å². The Balaban J connectivity index is 1.52. The van der Waals surface area contributed by atoms with Crippen LogP contribution in [0, 0.1) is 29.4 Å². The molecule has 1 N–H and O–H groups in total. The van der Waals surface area contributed by atoms with E-state index >= 15 is 0 Å². The zero-order chi connectivity index (χ0) is 24.5. The molecule has 5 rings (SSSR count).